The van der Waals surface area contributed by atoms with Gasteiger partial charge in [0.05, 0.1) is 12.3 Å². The first-order valence-corrected chi connectivity index (χ1v) is 10.8. The van der Waals surface area contributed by atoms with Crippen LogP contribution in [0.15, 0.2) is 89.9 Å². The highest BCUT2D eigenvalue weighted by atomic mass is 79.9. The van der Waals surface area contributed by atoms with Gasteiger partial charge in [-0.15, -0.1) is 17.0 Å². The van der Waals surface area contributed by atoms with Crippen LogP contribution >= 0.6 is 17.0 Å². The number of rotatable bonds is 8. The summed E-state index contributed by atoms with van der Waals surface area (Å²) in [6, 6.07) is 28.3. The number of hydrogen-bond donors (Lipinski definition) is 1. The minimum absolute atomic E-state index is 0. The third kappa shape index (κ3) is 7.23. The van der Waals surface area contributed by atoms with Gasteiger partial charge in [0.2, 0.25) is 0 Å². The zero-order valence-electron chi connectivity index (χ0n) is 17.7. The highest BCUT2D eigenvalue weighted by molar-refractivity contribution is 8.93. The average molecular weight is 480 g/mol. The van der Waals surface area contributed by atoms with Crippen molar-refractivity contribution in [3.05, 3.63) is 90.5 Å². The van der Waals surface area contributed by atoms with Gasteiger partial charge in [-0.2, -0.15) is 0 Å². The molecule has 5 heteroatoms. The van der Waals surface area contributed by atoms with Gasteiger partial charge in [0, 0.05) is 17.8 Å². The molecule has 0 unspecified atom stereocenters. The third-order valence-corrected chi connectivity index (χ3v) is 5.25. The number of anilines is 1. The smallest absolute Gasteiger partial charge is 0.138 e. The van der Waals surface area contributed by atoms with E-state index in [4.69, 9.17) is 9.73 Å². The van der Waals surface area contributed by atoms with E-state index in [1.165, 1.54) is 25.9 Å². The fourth-order valence-corrected chi connectivity index (χ4v) is 3.65. The van der Waals surface area contributed by atoms with E-state index in [1.807, 2.05) is 72.8 Å². The molecule has 1 aliphatic rings. The molecule has 0 aliphatic carbocycles. The number of nitrogens with zero attached hydrogens (tertiary/aromatic N) is 2. The SMILES string of the molecule is Br.c1ccc(NC(=Nc2ccc(OCCCN3CCCC3)cc2)c2ccccc2)cc1. The summed E-state index contributed by atoms with van der Waals surface area (Å²) in [7, 11) is 0. The summed E-state index contributed by atoms with van der Waals surface area (Å²) in [6.45, 7) is 4.37. The Morgan fingerprint density at radius 3 is 2.16 bits per heavy atom. The predicted octanol–water partition coefficient (Wildman–Crippen LogP) is 6.32. The van der Waals surface area contributed by atoms with Gasteiger partial charge in [0.25, 0.3) is 0 Å². The van der Waals surface area contributed by atoms with Crippen molar-refractivity contribution < 1.29 is 4.74 Å². The van der Waals surface area contributed by atoms with Crippen LogP contribution in [0.5, 0.6) is 5.75 Å². The maximum atomic E-state index is 5.92. The number of amidine groups is 1. The molecule has 0 amide bonds. The highest BCUT2D eigenvalue weighted by Gasteiger charge is 2.10. The second kappa shape index (κ2) is 12.3. The van der Waals surface area contributed by atoms with Crippen molar-refractivity contribution in [2.75, 3.05) is 31.6 Å². The second-order valence-corrected chi connectivity index (χ2v) is 7.56. The fraction of sp³-hybridized carbons (Fsp3) is 0.269. The van der Waals surface area contributed by atoms with Crippen LogP contribution in [0.25, 0.3) is 0 Å². The first kappa shape index (κ1) is 23.0. The molecule has 0 saturated carbocycles. The predicted molar refractivity (Wildman–Crippen MR) is 135 cm³/mol. The summed E-state index contributed by atoms with van der Waals surface area (Å²) in [5, 5.41) is 3.44. The van der Waals surface area contributed by atoms with Crippen LogP contribution in [-0.4, -0.2) is 37.0 Å². The fourth-order valence-electron chi connectivity index (χ4n) is 3.65. The van der Waals surface area contributed by atoms with Gasteiger partial charge in [-0.1, -0.05) is 48.5 Å². The number of benzene rings is 3. The molecule has 0 spiro atoms. The molecule has 3 aromatic carbocycles. The Morgan fingerprint density at radius 2 is 1.48 bits per heavy atom. The molecular weight excluding hydrogens is 450 g/mol. The molecule has 1 aliphatic heterocycles. The van der Waals surface area contributed by atoms with Crippen LogP contribution < -0.4 is 10.1 Å². The first-order chi connectivity index (χ1) is 14.9. The standard InChI is InChI=1S/C26H29N3O.BrH/c1-3-10-22(11-4-1)26(27-23-12-5-2-6-13-23)28-24-14-16-25(17-15-24)30-21-9-20-29-18-7-8-19-29;/h1-6,10-17H,7-9,18-21H2,(H,27,28);1H. The summed E-state index contributed by atoms with van der Waals surface area (Å²) in [6.07, 6.45) is 3.75. The Morgan fingerprint density at radius 1 is 0.839 bits per heavy atom. The van der Waals surface area contributed by atoms with Crippen LogP contribution in [0.1, 0.15) is 24.8 Å². The molecule has 0 radical (unpaired) electrons. The number of ether oxygens (including phenoxy) is 1. The monoisotopic (exact) mass is 479 g/mol. The van der Waals surface area contributed by atoms with Crippen molar-refractivity contribution in [2.24, 2.45) is 4.99 Å². The molecule has 0 atom stereocenters. The van der Waals surface area contributed by atoms with E-state index < -0.39 is 0 Å². The number of halogens is 1. The van der Waals surface area contributed by atoms with Gasteiger partial charge < -0.3 is 15.0 Å². The lowest BCUT2D eigenvalue weighted by molar-refractivity contribution is 0.263. The van der Waals surface area contributed by atoms with Gasteiger partial charge in [-0.3, -0.25) is 0 Å². The van der Waals surface area contributed by atoms with Crippen molar-refractivity contribution in [2.45, 2.75) is 19.3 Å². The Bertz CT molecular complexity index is 924. The molecule has 1 N–H and O–H groups in total. The van der Waals surface area contributed by atoms with Crippen molar-refractivity contribution in [3.8, 4) is 5.75 Å². The van der Waals surface area contributed by atoms with Crippen LogP contribution in [-0.2, 0) is 0 Å². The van der Waals surface area contributed by atoms with Gasteiger partial charge in [0.15, 0.2) is 0 Å². The van der Waals surface area contributed by atoms with E-state index in [2.05, 4.69) is 22.3 Å². The molecule has 1 saturated heterocycles. The van der Waals surface area contributed by atoms with Crippen LogP contribution in [0, 0.1) is 0 Å². The number of nitrogens with one attached hydrogen (secondary N) is 1. The number of likely N-dealkylation sites (tertiary alicyclic amines) is 1. The first-order valence-electron chi connectivity index (χ1n) is 10.8. The van der Waals surface area contributed by atoms with Crippen molar-refractivity contribution >= 4 is 34.2 Å². The van der Waals surface area contributed by atoms with E-state index >= 15 is 0 Å². The summed E-state index contributed by atoms with van der Waals surface area (Å²) in [5.41, 5.74) is 2.95. The lowest BCUT2D eigenvalue weighted by Crippen LogP contribution is -2.21. The average Bonchev–Trinajstić information content (AvgIpc) is 3.32. The van der Waals surface area contributed by atoms with E-state index in [9.17, 15) is 0 Å². The van der Waals surface area contributed by atoms with Crippen LogP contribution in [0.4, 0.5) is 11.4 Å². The van der Waals surface area contributed by atoms with Crippen molar-refractivity contribution in [3.63, 3.8) is 0 Å². The minimum atomic E-state index is 0. The zero-order chi connectivity index (χ0) is 20.4. The summed E-state index contributed by atoms with van der Waals surface area (Å²) in [4.78, 5) is 7.38. The van der Waals surface area contributed by atoms with Gasteiger partial charge in [-0.05, 0) is 68.8 Å². The number of hydrogen-bond acceptors (Lipinski definition) is 3. The maximum absolute atomic E-state index is 5.92. The number of para-hydroxylation sites is 1. The van der Waals surface area contributed by atoms with Gasteiger partial charge >= 0.3 is 0 Å². The van der Waals surface area contributed by atoms with E-state index in [0.29, 0.717) is 0 Å². The Hall–Kier alpha value is -2.63. The molecular formula is C26H30BrN3O. The quantitative estimate of drug-likeness (QED) is 0.233. The third-order valence-electron chi connectivity index (χ3n) is 5.25. The molecule has 162 valence electrons. The van der Waals surface area contributed by atoms with Crippen LogP contribution in [0.3, 0.4) is 0 Å². The van der Waals surface area contributed by atoms with E-state index in [-0.39, 0.29) is 17.0 Å². The number of aliphatic imine (C=N–C) groups is 1. The Labute approximate surface area is 195 Å². The summed E-state index contributed by atoms with van der Waals surface area (Å²) < 4.78 is 5.92. The molecule has 1 fully saturated rings. The highest BCUT2D eigenvalue weighted by Crippen LogP contribution is 2.20. The lowest BCUT2D eigenvalue weighted by Gasteiger charge is -2.14. The summed E-state index contributed by atoms with van der Waals surface area (Å²) >= 11 is 0. The zero-order valence-corrected chi connectivity index (χ0v) is 19.5. The Kier molecular flexibility index (Phi) is 9.13. The normalized spacial score (nSPS) is 14.1. The second-order valence-electron chi connectivity index (χ2n) is 7.56. The molecule has 1 heterocycles. The Balaban J connectivity index is 0.00000272. The topological polar surface area (TPSA) is 36.9 Å². The lowest BCUT2D eigenvalue weighted by atomic mass is 10.2. The molecule has 31 heavy (non-hydrogen) atoms. The van der Waals surface area contributed by atoms with E-state index in [1.54, 1.807) is 0 Å². The van der Waals surface area contributed by atoms with Crippen LogP contribution in [0.2, 0.25) is 0 Å². The van der Waals surface area contributed by atoms with Gasteiger partial charge in [0.1, 0.15) is 11.6 Å². The molecule has 0 aromatic heterocycles. The molecule has 4 rings (SSSR count). The minimum Gasteiger partial charge on any atom is -0.494 e. The molecule has 0 bridgehead atoms. The summed E-state index contributed by atoms with van der Waals surface area (Å²) in [5.74, 6) is 1.72. The molecule has 4 nitrogen and oxygen atoms in total. The van der Waals surface area contributed by atoms with Gasteiger partial charge in [-0.25, -0.2) is 4.99 Å². The largest absolute Gasteiger partial charge is 0.494 e. The van der Waals surface area contributed by atoms with Crippen molar-refractivity contribution in [1.29, 1.82) is 0 Å². The van der Waals surface area contributed by atoms with Crippen molar-refractivity contribution in [1.82, 2.24) is 4.90 Å². The van der Waals surface area contributed by atoms with E-state index in [0.717, 1.165) is 48.1 Å². The molecule has 3 aromatic rings. The maximum Gasteiger partial charge on any atom is 0.138 e.